The molecule has 1 aliphatic rings. The van der Waals surface area contributed by atoms with Gasteiger partial charge in [-0.1, -0.05) is 30.2 Å². The van der Waals surface area contributed by atoms with Crippen LogP contribution in [0.5, 0.6) is 0 Å². The number of nitrogens with two attached hydrogens (primary N) is 1. The molecule has 1 fully saturated rings. The van der Waals surface area contributed by atoms with E-state index in [9.17, 15) is 0 Å². The van der Waals surface area contributed by atoms with Crippen LogP contribution in [0.4, 0.5) is 5.82 Å². The van der Waals surface area contributed by atoms with Gasteiger partial charge in [0.1, 0.15) is 23.5 Å². The summed E-state index contributed by atoms with van der Waals surface area (Å²) >= 11 is 6.05. The van der Waals surface area contributed by atoms with E-state index in [1.165, 1.54) is 25.6 Å². The van der Waals surface area contributed by atoms with Crippen molar-refractivity contribution in [3.63, 3.8) is 0 Å². The van der Waals surface area contributed by atoms with E-state index in [0.29, 0.717) is 22.2 Å². The third kappa shape index (κ3) is 3.82. The van der Waals surface area contributed by atoms with Crippen LogP contribution in [0.1, 0.15) is 32.2 Å². The van der Waals surface area contributed by atoms with E-state index in [1.54, 1.807) is 0 Å². The zero-order valence-electron chi connectivity index (χ0n) is 16.3. The number of hydrogen-bond acceptors (Lipinski definition) is 6. The summed E-state index contributed by atoms with van der Waals surface area (Å²) in [6, 6.07) is 7.39. The number of rotatable bonds is 7. The third-order valence-electron chi connectivity index (χ3n) is 5.65. The van der Waals surface area contributed by atoms with Gasteiger partial charge < -0.3 is 15.6 Å². The molecule has 7 nitrogen and oxygen atoms in total. The molecular weight excluding hydrogens is 386 g/mol. The Bertz CT molecular complexity index is 1050. The first-order valence-electron chi connectivity index (χ1n) is 9.76. The Balaban J connectivity index is 1.72. The topological polar surface area (TPSA) is 105 Å². The Morgan fingerprint density at radius 2 is 2.14 bits per heavy atom. The maximum absolute atomic E-state index is 7.66. The number of fused-ring (bicyclic) bond motifs is 1. The predicted octanol–water partition coefficient (Wildman–Crippen LogP) is 5.16. The van der Waals surface area contributed by atoms with Crippen molar-refractivity contribution >= 4 is 28.5 Å². The van der Waals surface area contributed by atoms with Gasteiger partial charge in [0.15, 0.2) is 0 Å². The number of anilines is 1. The highest BCUT2D eigenvalue weighted by molar-refractivity contribution is 6.30. The van der Waals surface area contributed by atoms with Crippen LogP contribution in [0.15, 0.2) is 53.8 Å². The molecule has 0 bridgehead atoms. The van der Waals surface area contributed by atoms with Crippen molar-refractivity contribution in [3.8, 4) is 11.1 Å². The first-order chi connectivity index (χ1) is 14.1. The molecule has 1 saturated carbocycles. The first kappa shape index (κ1) is 19.4. The van der Waals surface area contributed by atoms with Crippen LogP contribution in [-0.4, -0.2) is 21.1 Å². The summed E-state index contributed by atoms with van der Waals surface area (Å²) in [5.41, 5.74) is 17.1. The highest BCUT2D eigenvalue weighted by atomic mass is 35.5. The quantitative estimate of drug-likeness (QED) is 0.469. The van der Waals surface area contributed by atoms with Gasteiger partial charge in [-0.3, -0.25) is 0 Å². The normalized spacial score (nSPS) is 15.9. The summed E-state index contributed by atoms with van der Waals surface area (Å²) in [4.78, 5) is 8.64. The smallest absolute Gasteiger partial charge is 0.146 e. The Kier molecular flexibility index (Phi) is 5.49. The second-order valence-electron chi connectivity index (χ2n) is 7.48. The Morgan fingerprint density at radius 1 is 1.38 bits per heavy atom. The number of hydrogen-bond donors (Lipinski definition) is 3. The summed E-state index contributed by atoms with van der Waals surface area (Å²) in [7, 11) is 0. The molecule has 1 aromatic carbocycles. The van der Waals surface area contributed by atoms with Crippen LogP contribution >= 0.6 is 11.6 Å². The van der Waals surface area contributed by atoms with Crippen LogP contribution < -0.4 is 11.1 Å². The zero-order chi connectivity index (χ0) is 20.4. The lowest BCUT2D eigenvalue weighted by molar-refractivity contribution is 0.312. The number of aromatic nitrogens is 3. The Labute approximate surface area is 174 Å². The molecule has 1 atom stereocenters. The van der Waals surface area contributed by atoms with Gasteiger partial charge in [-0.05, 0) is 43.4 Å². The molecule has 0 spiro atoms. The van der Waals surface area contributed by atoms with E-state index < -0.39 is 0 Å². The molecule has 2 aromatic heterocycles. The van der Waals surface area contributed by atoms with Crippen LogP contribution in [0, 0.1) is 11.4 Å². The van der Waals surface area contributed by atoms with Gasteiger partial charge in [0.25, 0.3) is 0 Å². The van der Waals surface area contributed by atoms with E-state index >= 15 is 0 Å². The van der Waals surface area contributed by atoms with E-state index in [-0.39, 0.29) is 6.04 Å². The van der Waals surface area contributed by atoms with Gasteiger partial charge in [0.05, 0.1) is 11.4 Å². The molecule has 3 aromatic rings. The fourth-order valence-electron chi connectivity index (χ4n) is 3.67. The standard InChI is InChI=1S/C21H24ClN7/c1-13(18(28-24)10-25-9-14-3-2-4-14)29-11-17(15-5-7-16(22)8-6-15)19-20(23)26-12-27-21(19)29/h5-8,10-14,24-25H,2-4,9H2,1H3,(H2,23,26,27)/b18-10-,28-24?. The zero-order valence-corrected chi connectivity index (χ0v) is 17.0. The second kappa shape index (κ2) is 8.21. The van der Waals surface area contributed by atoms with Gasteiger partial charge in [-0.25, -0.2) is 15.5 Å². The number of nitrogens with zero attached hydrogens (tertiary/aromatic N) is 4. The molecule has 4 rings (SSSR count). The molecule has 8 heteroatoms. The maximum Gasteiger partial charge on any atom is 0.146 e. The van der Waals surface area contributed by atoms with Crippen LogP contribution in [0.25, 0.3) is 22.2 Å². The minimum absolute atomic E-state index is 0.195. The molecule has 150 valence electrons. The molecule has 0 aliphatic heterocycles. The van der Waals surface area contributed by atoms with Gasteiger partial charge in [0, 0.05) is 29.5 Å². The first-order valence-corrected chi connectivity index (χ1v) is 10.1. The van der Waals surface area contributed by atoms with E-state index in [2.05, 4.69) is 20.4 Å². The monoisotopic (exact) mass is 409 g/mol. The van der Waals surface area contributed by atoms with Gasteiger partial charge in [0.2, 0.25) is 0 Å². The summed E-state index contributed by atoms with van der Waals surface area (Å²) in [6.07, 6.45) is 9.15. The third-order valence-corrected chi connectivity index (χ3v) is 5.90. The van der Waals surface area contributed by atoms with Gasteiger partial charge in [-0.15, -0.1) is 0 Å². The highest BCUT2D eigenvalue weighted by Gasteiger charge is 2.21. The summed E-state index contributed by atoms with van der Waals surface area (Å²) < 4.78 is 1.99. The SMILES string of the molecule is CC(/C(=C/NCC1CCC1)N=N)n1cc(-c2ccc(Cl)cc2)c2c(N)ncnc21. The van der Waals surface area contributed by atoms with Crippen LogP contribution in [0.2, 0.25) is 5.02 Å². The summed E-state index contributed by atoms with van der Waals surface area (Å²) in [5, 5.41) is 8.55. The molecule has 29 heavy (non-hydrogen) atoms. The van der Waals surface area contributed by atoms with Gasteiger partial charge in [-0.2, -0.15) is 5.11 Å². The highest BCUT2D eigenvalue weighted by Crippen LogP contribution is 2.36. The molecule has 2 heterocycles. The Morgan fingerprint density at radius 3 is 2.79 bits per heavy atom. The minimum atomic E-state index is -0.195. The average molecular weight is 410 g/mol. The molecule has 1 aliphatic carbocycles. The molecule has 0 radical (unpaired) electrons. The maximum atomic E-state index is 7.66. The molecule has 0 saturated heterocycles. The summed E-state index contributed by atoms with van der Waals surface area (Å²) in [6.45, 7) is 2.92. The van der Waals surface area contributed by atoms with E-state index in [4.69, 9.17) is 22.9 Å². The van der Waals surface area contributed by atoms with E-state index in [1.807, 2.05) is 48.2 Å². The molecule has 1 unspecified atom stereocenters. The lowest BCUT2D eigenvalue weighted by Gasteiger charge is -2.25. The predicted molar refractivity (Wildman–Crippen MR) is 116 cm³/mol. The Hall–Kier alpha value is -2.93. The number of benzene rings is 1. The molecule has 4 N–H and O–H groups in total. The lowest BCUT2D eigenvalue weighted by atomic mass is 9.85. The van der Waals surface area contributed by atoms with E-state index in [0.717, 1.165) is 29.0 Å². The fourth-order valence-corrected chi connectivity index (χ4v) is 3.79. The molecular formula is C21H24ClN7. The number of nitrogens with one attached hydrogen (secondary N) is 2. The van der Waals surface area contributed by atoms with Crippen LogP contribution in [0.3, 0.4) is 0 Å². The van der Waals surface area contributed by atoms with Crippen molar-refractivity contribution in [2.75, 3.05) is 12.3 Å². The lowest BCUT2D eigenvalue weighted by Crippen LogP contribution is -2.24. The number of allylic oxidation sites excluding steroid dienone is 1. The summed E-state index contributed by atoms with van der Waals surface area (Å²) in [5.74, 6) is 1.15. The van der Waals surface area contributed by atoms with Crippen molar-refractivity contribution < 1.29 is 0 Å². The second-order valence-corrected chi connectivity index (χ2v) is 7.91. The van der Waals surface area contributed by atoms with Crippen molar-refractivity contribution in [2.45, 2.75) is 32.2 Å². The number of halogens is 1. The molecule has 0 amide bonds. The van der Waals surface area contributed by atoms with Crippen molar-refractivity contribution in [1.82, 2.24) is 19.9 Å². The number of nitrogen functional groups attached to an aromatic ring is 1. The largest absolute Gasteiger partial charge is 0.389 e. The minimum Gasteiger partial charge on any atom is -0.389 e. The fraction of sp³-hybridized carbons (Fsp3) is 0.333. The van der Waals surface area contributed by atoms with Crippen LogP contribution in [-0.2, 0) is 0 Å². The van der Waals surface area contributed by atoms with Crippen molar-refractivity contribution in [1.29, 1.82) is 5.53 Å². The van der Waals surface area contributed by atoms with Gasteiger partial charge >= 0.3 is 0 Å². The average Bonchev–Trinajstić information content (AvgIpc) is 3.08. The van der Waals surface area contributed by atoms with Crippen molar-refractivity contribution in [3.05, 3.63) is 53.7 Å². The van der Waals surface area contributed by atoms with Crippen molar-refractivity contribution in [2.24, 2.45) is 11.0 Å².